The average molecular weight is 277 g/mol. The number of aliphatic hydroxyl groups excluding tert-OH is 2. The van der Waals surface area contributed by atoms with Crippen molar-refractivity contribution in [2.75, 3.05) is 18.2 Å². The van der Waals surface area contributed by atoms with Crippen LogP contribution in [0.3, 0.4) is 0 Å². The van der Waals surface area contributed by atoms with Gasteiger partial charge < -0.3 is 20.7 Å². The number of nitrogens with two attached hydrogens (primary N) is 1. The lowest BCUT2D eigenvalue weighted by Gasteiger charge is -2.27. The quantitative estimate of drug-likeness (QED) is 0.572. The number of alkyl halides is 1. The van der Waals surface area contributed by atoms with Crippen LogP contribution in [0.15, 0.2) is 11.0 Å². The lowest BCUT2D eigenvalue weighted by Crippen LogP contribution is -2.45. The molecule has 1 fully saturated rings. The van der Waals surface area contributed by atoms with Gasteiger partial charge in [-0.25, -0.2) is 4.79 Å². The Labute approximate surface area is 107 Å². The molecule has 0 aliphatic carbocycles. The van der Waals surface area contributed by atoms with E-state index in [-0.39, 0.29) is 18.1 Å². The molecule has 0 spiro atoms. The van der Waals surface area contributed by atoms with Crippen molar-refractivity contribution in [3.8, 4) is 0 Å². The Morgan fingerprint density at radius 2 is 2.44 bits per heavy atom. The number of anilines is 1. The number of rotatable bonds is 3. The Bertz CT molecular complexity index is 490. The van der Waals surface area contributed by atoms with E-state index in [9.17, 15) is 15.0 Å². The molecule has 1 saturated heterocycles. The van der Waals surface area contributed by atoms with Gasteiger partial charge in [0.15, 0.2) is 6.23 Å². The van der Waals surface area contributed by atoms with Crippen LogP contribution in [0.1, 0.15) is 12.6 Å². The van der Waals surface area contributed by atoms with Gasteiger partial charge >= 0.3 is 5.69 Å². The smallest absolute Gasteiger partial charge is 0.368 e. The van der Waals surface area contributed by atoms with Gasteiger partial charge in [-0.2, -0.15) is 14.8 Å². The third kappa shape index (κ3) is 2.07. The second-order valence-corrected chi connectivity index (χ2v) is 4.36. The molecule has 2 rings (SSSR count). The highest BCUT2D eigenvalue weighted by Crippen LogP contribution is 2.36. The largest absolute Gasteiger partial charge is 0.393 e. The maximum absolute atomic E-state index is 11.6. The van der Waals surface area contributed by atoms with Gasteiger partial charge in [-0.3, -0.25) is 0 Å². The lowest BCUT2D eigenvalue weighted by atomic mass is 10.0. The zero-order chi connectivity index (χ0) is 13.3. The summed E-state index contributed by atoms with van der Waals surface area (Å²) >= 11 is 5.69. The normalized spacial score (nSPS) is 31.7. The number of aromatic nitrogens is 3. The molecule has 1 unspecified atom stereocenters. The molecule has 0 amide bonds. The first-order chi connectivity index (χ1) is 8.52. The van der Waals surface area contributed by atoms with Crippen molar-refractivity contribution in [1.82, 2.24) is 14.8 Å². The van der Waals surface area contributed by atoms with Gasteiger partial charge in [0.1, 0.15) is 11.4 Å². The van der Waals surface area contributed by atoms with Crippen LogP contribution < -0.4 is 11.4 Å². The van der Waals surface area contributed by atoms with Crippen LogP contribution in [0.4, 0.5) is 5.82 Å². The number of aliphatic hydroxyl groups is 2. The Morgan fingerprint density at radius 1 is 1.72 bits per heavy atom. The second-order valence-electron chi connectivity index (χ2n) is 4.09. The standard InChI is InChI=1S/C9H13ClN4O4/c10-3-9(4-15)5(16)1-7(18-9)14-8(17)13-6(11)2-12-14/h2,5,7,15-16H,1,3-4H2,(H2,11,13,17)/t5-,7?,9+/m0/s1. The van der Waals surface area contributed by atoms with Gasteiger partial charge in [-0.05, 0) is 0 Å². The van der Waals surface area contributed by atoms with Gasteiger partial charge in [0.05, 0.1) is 24.8 Å². The van der Waals surface area contributed by atoms with Crippen molar-refractivity contribution in [2.45, 2.75) is 24.4 Å². The number of halogens is 1. The van der Waals surface area contributed by atoms with Gasteiger partial charge in [0, 0.05) is 6.42 Å². The van der Waals surface area contributed by atoms with E-state index in [1.165, 1.54) is 6.20 Å². The van der Waals surface area contributed by atoms with Gasteiger partial charge in [0.25, 0.3) is 0 Å². The molecule has 1 aromatic heterocycles. The molecule has 0 saturated carbocycles. The minimum absolute atomic E-state index is 0.000519. The molecule has 100 valence electrons. The molecule has 4 N–H and O–H groups in total. The molecule has 18 heavy (non-hydrogen) atoms. The number of ether oxygens (including phenoxy) is 1. The van der Waals surface area contributed by atoms with E-state index in [0.29, 0.717) is 0 Å². The fourth-order valence-electron chi connectivity index (χ4n) is 1.82. The summed E-state index contributed by atoms with van der Waals surface area (Å²) in [5, 5.41) is 22.9. The van der Waals surface area contributed by atoms with Crippen LogP contribution in [0.2, 0.25) is 0 Å². The molecule has 2 heterocycles. The SMILES string of the molecule is Nc1cnn(C2C[C@H](O)[C@](CO)(CCl)O2)c(=O)n1. The van der Waals surface area contributed by atoms with Crippen LogP contribution in [0.25, 0.3) is 0 Å². The summed E-state index contributed by atoms with van der Waals surface area (Å²) in [4.78, 5) is 15.1. The third-order valence-corrected chi connectivity index (χ3v) is 3.36. The Kier molecular flexibility index (Phi) is 3.53. The first-order valence-electron chi connectivity index (χ1n) is 5.26. The van der Waals surface area contributed by atoms with Crippen molar-refractivity contribution in [3.05, 3.63) is 16.7 Å². The number of nitrogens with zero attached hydrogens (tertiary/aromatic N) is 3. The van der Waals surface area contributed by atoms with E-state index in [1.807, 2.05) is 0 Å². The van der Waals surface area contributed by atoms with Crippen molar-refractivity contribution in [3.63, 3.8) is 0 Å². The molecule has 3 atom stereocenters. The molecule has 8 nitrogen and oxygen atoms in total. The second kappa shape index (κ2) is 4.81. The average Bonchev–Trinajstić information content (AvgIpc) is 2.67. The molecule has 0 radical (unpaired) electrons. The number of hydrogen-bond donors (Lipinski definition) is 3. The zero-order valence-electron chi connectivity index (χ0n) is 9.36. The fourth-order valence-corrected chi connectivity index (χ4v) is 2.14. The molecule has 0 aromatic carbocycles. The molecule has 9 heteroatoms. The van der Waals surface area contributed by atoms with E-state index < -0.39 is 30.2 Å². The molecule has 0 bridgehead atoms. The minimum Gasteiger partial charge on any atom is -0.393 e. The summed E-state index contributed by atoms with van der Waals surface area (Å²) in [6, 6.07) is 0. The van der Waals surface area contributed by atoms with Crippen molar-refractivity contribution in [2.24, 2.45) is 0 Å². The Hall–Kier alpha value is -1.22. The van der Waals surface area contributed by atoms with Crippen LogP contribution in [-0.4, -0.2) is 49.2 Å². The first kappa shape index (κ1) is 13.2. The summed E-state index contributed by atoms with van der Waals surface area (Å²) in [5.74, 6) is -0.0984. The van der Waals surface area contributed by atoms with Crippen LogP contribution in [-0.2, 0) is 4.74 Å². The summed E-state index contributed by atoms with van der Waals surface area (Å²) < 4.78 is 6.42. The van der Waals surface area contributed by atoms with Gasteiger partial charge in [0.2, 0.25) is 0 Å². The summed E-state index contributed by atoms with van der Waals surface area (Å²) in [6.45, 7) is -0.453. The van der Waals surface area contributed by atoms with E-state index in [4.69, 9.17) is 22.1 Å². The first-order valence-corrected chi connectivity index (χ1v) is 5.80. The maximum Gasteiger partial charge on any atom is 0.368 e. The molecule has 1 aliphatic heterocycles. The van der Waals surface area contributed by atoms with Crippen LogP contribution in [0.5, 0.6) is 0 Å². The highest BCUT2D eigenvalue weighted by Gasteiger charge is 2.48. The Balaban J connectivity index is 2.30. The van der Waals surface area contributed by atoms with Gasteiger partial charge in [-0.15, -0.1) is 11.6 Å². The number of hydrogen-bond acceptors (Lipinski definition) is 7. The molecule has 1 aliphatic rings. The Morgan fingerprint density at radius 3 is 2.94 bits per heavy atom. The van der Waals surface area contributed by atoms with Gasteiger partial charge in [-0.1, -0.05) is 0 Å². The maximum atomic E-state index is 11.6. The van der Waals surface area contributed by atoms with Crippen molar-refractivity contribution < 1.29 is 14.9 Å². The summed E-state index contributed by atoms with van der Waals surface area (Å²) in [7, 11) is 0. The van der Waals surface area contributed by atoms with Crippen molar-refractivity contribution in [1.29, 1.82) is 0 Å². The summed E-state index contributed by atoms with van der Waals surface area (Å²) in [6.07, 6.45) is -0.523. The third-order valence-electron chi connectivity index (χ3n) is 2.90. The predicted molar refractivity (Wildman–Crippen MR) is 62.0 cm³/mol. The van der Waals surface area contributed by atoms with E-state index in [0.717, 1.165) is 4.68 Å². The number of nitrogen functional groups attached to an aromatic ring is 1. The monoisotopic (exact) mass is 276 g/mol. The molecule has 1 aromatic rings. The van der Waals surface area contributed by atoms with Crippen LogP contribution in [0, 0.1) is 0 Å². The highest BCUT2D eigenvalue weighted by molar-refractivity contribution is 6.18. The summed E-state index contributed by atoms with van der Waals surface area (Å²) in [5.41, 5.74) is 3.35. The fraction of sp³-hybridized carbons (Fsp3) is 0.667. The van der Waals surface area contributed by atoms with E-state index in [1.54, 1.807) is 0 Å². The molecular formula is C9H13ClN4O4. The lowest BCUT2D eigenvalue weighted by molar-refractivity contribution is -0.117. The van der Waals surface area contributed by atoms with E-state index >= 15 is 0 Å². The highest BCUT2D eigenvalue weighted by atomic mass is 35.5. The minimum atomic E-state index is -1.28. The van der Waals surface area contributed by atoms with Crippen molar-refractivity contribution >= 4 is 17.4 Å². The zero-order valence-corrected chi connectivity index (χ0v) is 10.1. The predicted octanol–water partition coefficient (Wildman–Crippen LogP) is -1.53. The van der Waals surface area contributed by atoms with Crippen LogP contribution >= 0.6 is 11.6 Å². The van der Waals surface area contributed by atoms with E-state index in [2.05, 4.69) is 10.1 Å². The topological polar surface area (TPSA) is 123 Å². The molecular weight excluding hydrogens is 264 g/mol.